The first-order valence-electron chi connectivity index (χ1n) is 38.4. The van der Waals surface area contributed by atoms with Crippen LogP contribution in [0.4, 0.5) is 34.1 Å². The van der Waals surface area contributed by atoms with Crippen LogP contribution in [0.5, 0.6) is 0 Å². The molecule has 3 heterocycles. The highest BCUT2D eigenvalue weighted by molar-refractivity contribution is 7.01. The molecule has 17 aromatic carbocycles. The molecule has 0 N–H and O–H groups in total. The van der Waals surface area contributed by atoms with E-state index in [9.17, 15) is 0 Å². The Hall–Kier alpha value is -13.8. The van der Waals surface area contributed by atoms with Crippen molar-refractivity contribution >= 4 is 79.0 Å². The molecular weight excluding hydrogens is 1310 g/mol. The molecule has 18 aromatic rings. The van der Waals surface area contributed by atoms with Crippen LogP contribution >= 0.6 is 0 Å². The first-order valence-corrected chi connectivity index (χ1v) is 38.4. The maximum absolute atomic E-state index is 2.78. The lowest BCUT2D eigenvalue weighted by Gasteiger charge is -2.46. The zero-order valence-corrected chi connectivity index (χ0v) is 59.2. The van der Waals surface area contributed by atoms with Crippen molar-refractivity contribution in [3.8, 4) is 83.6 Å². The normalized spacial score (nSPS) is 15.0. The summed E-state index contributed by atoms with van der Waals surface area (Å²) >= 11 is 0. The van der Waals surface area contributed by atoms with Gasteiger partial charge in [-0.15, -0.1) is 0 Å². The first kappa shape index (κ1) is 58.5. The maximum Gasteiger partial charge on any atom is 0.252 e. The zero-order chi connectivity index (χ0) is 70.7. The SMILES string of the molecule is c1ccc(-c2ccc(N3c4cc(-n5c6ccccc6c6ccccc65)cc5c4B(c4ccc6c(c43)-c3ccccc3C63c4ccccc4-c4ccccc43)c3c(ccc4c3-c3ccccc3C43c4ccccc4-c4ccccc43)N5c3cccc4c3-c3ccccc3C43c4ccccc4-c4ccccc43)cc2)cc1. The van der Waals surface area contributed by atoms with Crippen LogP contribution in [0.1, 0.15) is 66.8 Å². The molecule has 0 radical (unpaired) electrons. The Bertz CT molecular complexity index is 6960. The molecule has 0 unspecified atom stereocenters. The van der Waals surface area contributed by atoms with Crippen molar-refractivity contribution in [1.82, 2.24) is 4.57 Å². The van der Waals surface area contributed by atoms with Crippen molar-refractivity contribution in [2.24, 2.45) is 0 Å². The second kappa shape index (κ2) is 20.8. The fraction of sp³-hybridized carbons (Fsp3) is 0.0286. The number of fused-ring (bicyclic) bond motifs is 39. The Morgan fingerprint density at radius 2 is 0.569 bits per heavy atom. The van der Waals surface area contributed by atoms with Gasteiger partial charge in [-0.2, -0.15) is 0 Å². The molecule has 3 spiro atoms. The van der Waals surface area contributed by atoms with Gasteiger partial charge in [-0.3, -0.25) is 0 Å². The second-order valence-electron chi connectivity index (χ2n) is 31.0. The Kier molecular flexibility index (Phi) is 11.2. The average molecular weight is 1380 g/mol. The summed E-state index contributed by atoms with van der Waals surface area (Å²) in [5.74, 6) is 0. The molecule has 8 aliphatic rings. The smallest absolute Gasteiger partial charge is 0.252 e. The van der Waals surface area contributed by atoms with E-state index >= 15 is 0 Å². The molecule has 1 aromatic heterocycles. The number of hydrogen-bond donors (Lipinski definition) is 0. The Morgan fingerprint density at radius 1 is 0.211 bits per heavy atom. The van der Waals surface area contributed by atoms with E-state index in [4.69, 9.17) is 0 Å². The predicted octanol–water partition coefficient (Wildman–Crippen LogP) is 23.6. The molecule has 0 saturated heterocycles. The molecule has 26 rings (SSSR count). The summed E-state index contributed by atoms with van der Waals surface area (Å²) in [5.41, 5.74) is 45.9. The van der Waals surface area contributed by atoms with Crippen LogP contribution in [0, 0.1) is 0 Å². The third-order valence-corrected chi connectivity index (χ3v) is 26.6. The number of anilines is 6. The topological polar surface area (TPSA) is 11.4 Å². The largest absolute Gasteiger partial charge is 0.311 e. The van der Waals surface area contributed by atoms with Crippen LogP contribution in [0.2, 0.25) is 0 Å². The lowest BCUT2D eigenvalue weighted by atomic mass is 9.32. The monoisotopic (exact) mass is 1380 g/mol. The Balaban J connectivity index is 0.859. The van der Waals surface area contributed by atoms with Crippen molar-refractivity contribution in [1.29, 1.82) is 0 Å². The number of aromatic nitrogens is 1. The molecular formula is C105H62BN3. The van der Waals surface area contributed by atoms with Gasteiger partial charge in [-0.25, -0.2) is 0 Å². The Labute approximate surface area is 631 Å². The fourth-order valence-corrected chi connectivity index (χ4v) is 22.9. The van der Waals surface area contributed by atoms with E-state index in [1.54, 1.807) is 0 Å². The van der Waals surface area contributed by atoms with E-state index in [-0.39, 0.29) is 6.71 Å². The van der Waals surface area contributed by atoms with Gasteiger partial charge >= 0.3 is 0 Å². The van der Waals surface area contributed by atoms with Crippen molar-refractivity contribution in [3.05, 3.63) is 443 Å². The summed E-state index contributed by atoms with van der Waals surface area (Å²) in [6, 6.07) is 146. The molecule has 0 fully saturated rings. The van der Waals surface area contributed by atoms with E-state index in [0.29, 0.717) is 0 Å². The molecule has 6 aliphatic carbocycles. The van der Waals surface area contributed by atoms with Crippen molar-refractivity contribution in [3.63, 3.8) is 0 Å². The predicted molar refractivity (Wildman–Crippen MR) is 449 cm³/mol. The average Bonchev–Trinajstić information content (AvgIpc) is 1.52. The molecule has 109 heavy (non-hydrogen) atoms. The highest BCUT2D eigenvalue weighted by Gasteiger charge is 2.59. The molecule has 500 valence electrons. The molecule has 0 amide bonds. The lowest BCUT2D eigenvalue weighted by molar-refractivity contribution is 0.793. The third-order valence-electron chi connectivity index (χ3n) is 26.6. The van der Waals surface area contributed by atoms with Crippen molar-refractivity contribution < 1.29 is 0 Å². The summed E-state index contributed by atoms with van der Waals surface area (Å²) in [5, 5.41) is 2.44. The third kappa shape index (κ3) is 6.88. The van der Waals surface area contributed by atoms with Crippen LogP contribution in [0.15, 0.2) is 376 Å². The summed E-state index contributed by atoms with van der Waals surface area (Å²) < 4.78 is 2.58. The minimum atomic E-state index is -0.623. The maximum atomic E-state index is 2.78. The molecule has 0 atom stereocenters. The zero-order valence-electron chi connectivity index (χ0n) is 59.2. The van der Waals surface area contributed by atoms with E-state index in [2.05, 4.69) is 390 Å². The molecule has 4 heteroatoms. The van der Waals surface area contributed by atoms with E-state index in [0.717, 1.165) is 39.5 Å². The summed E-state index contributed by atoms with van der Waals surface area (Å²) in [7, 11) is 0. The molecule has 3 nitrogen and oxygen atoms in total. The lowest BCUT2D eigenvalue weighted by Crippen LogP contribution is -2.62. The van der Waals surface area contributed by atoms with Gasteiger partial charge in [0.2, 0.25) is 0 Å². The standard InChI is InChI=1S/C105H62BN3/c1-2-27-63(28-3-1)64-53-55-65(56-54-64)108-95-61-66(107-91-50-24-13-35-73(91)74-36-14-25-51-92(74)107)62-96-100(95)106(90-59-57-89-99(102(90)108)77-39-12-23-48-86(77)105(89)82-44-19-8-33-71(82)72-34-9-20-45-83(72)105)101-94(60-58-88-98(101)76-38-11-22-47-85(76)104(88)80-42-17-6-31-69(80)70-32-7-18-43-81(70)104)109(96)93-52-26-49-87-97(93)75-37-10-21-46-84(75)103(87)78-40-15-4-29-67(78)68-30-5-16-41-79(68)103/h1-62H. The molecule has 0 bridgehead atoms. The summed E-state index contributed by atoms with van der Waals surface area (Å²) in [4.78, 5) is 5.52. The highest BCUT2D eigenvalue weighted by Crippen LogP contribution is 2.69. The number of rotatable bonds is 4. The van der Waals surface area contributed by atoms with Crippen LogP contribution in [0.3, 0.4) is 0 Å². The number of benzene rings is 17. The van der Waals surface area contributed by atoms with E-state index < -0.39 is 16.2 Å². The minimum Gasteiger partial charge on any atom is -0.311 e. The van der Waals surface area contributed by atoms with Crippen LogP contribution in [-0.4, -0.2) is 11.3 Å². The highest BCUT2D eigenvalue weighted by atomic mass is 15.2. The summed E-state index contributed by atoms with van der Waals surface area (Å²) in [6.07, 6.45) is 0. The Morgan fingerprint density at radius 3 is 1.06 bits per heavy atom. The minimum absolute atomic E-state index is 0.315. The van der Waals surface area contributed by atoms with Crippen LogP contribution in [-0.2, 0) is 16.2 Å². The summed E-state index contributed by atoms with van der Waals surface area (Å²) in [6.45, 7) is -0.315. The van der Waals surface area contributed by atoms with Gasteiger partial charge in [0.1, 0.15) is 0 Å². The van der Waals surface area contributed by atoms with Crippen molar-refractivity contribution in [2.45, 2.75) is 16.2 Å². The number of para-hydroxylation sites is 2. The van der Waals surface area contributed by atoms with E-state index in [1.807, 2.05) is 0 Å². The van der Waals surface area contributed by atoms with Gasteiger partial charge < -0.3 is 14.4 Å². The number of nitrogens with zero attached hydrogens (tertiary/aromatic N) is 3. The number of hydrogen-bond acceptors (Lipinski definition) is 2. The van der Waals surface area contributed by atoms with Crippen LogP contribution < -0.4 is 26.2 Å². The molecule has 2 aliphatic heterocycles. The van der Waals surface area contributed by atoms with Gasteiger partial charge in [0.05, 0.1) is 38.7 Å². The van der Waals surface area contributed by atoms with Gasteiger partial charge in [-0.05, 0) is 198 Å². The second-order valence-corrected chi connectivity index (χ2v) is 31.0. The van der Waals surface area contributed by atoms with Gasteiger partial charge in [0.25, 0.3) is 6.71 Å². The van der Waals surface area contributed by atoms with E-state index in [1.165, 1.54) is 183 Å². The molecule has 0 saturated carbocycles. The van der Waals surface area contributed by atoms with Crippen LogP contribution in [0.25, 0.3) is 105 Å². The fourth-order valence-electron chi connectivity index (χ4n) is 22.9. The van der Waals surface area contributed by atoms with Crippen molar-refractivity contribution in [2.75, 3.05) is 9.80 Å². The van der Waals surface area contributed by atoms with Gasteiger partial charge in [0, 0.05) is 50.3 Å². The quantitative estimate of drug-likeness (QED) is 0.163. The van der Waals surface area contributed by atoms with Gasteiger partial charge in [0.15, 0.2) is 0 Å². The first-order chi connectivity index (χ1) is 54.1. The van der Waals surface area contributed by atoms with Gasteiger partial charge in [-0.1, -0.05) is 328 Å².